The van der Waals surface area contributed by atoms with Crippen LogP contribution in [0, 0.1) is 11.6 Å². The van der Waals surface area contributed by atoms with E-state index in [9.17, 15) is 23.5 Å². The molecule has 3 N–H and O–H groups in total. The van der Waals surface area contributed by atoms with E-state index in [2.05, 4.69) is 24.9 Å². The Kier molecular flexibility index (Phi) is 15.1. The molecule has 0 radical (unpaired) electrons. The van der Waals surface area contributed by atoms with Gasteiger partial charge in [0.25, 0.3) is 0 Å². The summed E-state index contributed by atoms with van der Waals surface area (Å²) >= 11 is 11.4. The van der Waals surface area contributed by atoms with Crippen LogP contribution in [0.4, 0.5) is 14.5 Å². The van der Waals surface area contributed by atoms with Crippen LogP contribution in [0.15, 0.2) is 42.5 Å². The molecule has 0 amide bonds. The Labute approximate surface area is 336 Å². The maximum atomic E-state index is 14.3. The maximum Gasteiger partial charge on any atom is 1.00 e. The summed E-state index contributed by atoms with van der Waals surface area (Å²) in [6.45, 7) is 0. The smallest absolute Gasteiger partial charge is 0.545 e. The van der Waals surface area contributed by atoms with Gasteiger partial charge in [-0.05, 0) is 24.3 Å². The molecule has 0 saturated heterocycles. The largest absolute Gasteiger partial charge is 1.00 e. The molecular weight excluding hydrogens is 776 g/mol. The van der Waals surface area contributed by atoms with Gasteiger partial charge in [-0.3, -0.25) is 0 Å². The van der Waals surface area contributed by atoms with Gasteiger partial charge in [0.1, 0.15) is 17.2 Å². The predicted octanol–water partition coefficient (Wildman–Crippen LogP) is 1.88. The number of aromatic nitrogens is 5. The van der Waals surface area contributed by atoms with Crippen molar-refractivity contribution in [2.45, 2.75) is 0 Å². The number of nitrogen functional groups attached to an aromatic ring is 1. The molecule has 22 heteroatoms. The van der Waals surface area contributed by atoms with Gasteiger partial charge in [0.2, 0.25) is 23.5 Å². The Bertz CT molecular complexity index is 2070. The fourth-order valence-corrected chi connectivity index (χ4v) is 4.57. The molecule has 17 nitrogen and oxygen atoms in total. The average Bonchev–Trinajstić information content (AvgIpc) is 3.14. The van der Waals surface area contributed by atoms with Crippen LogP contribution in [0.25, 0.3) is 11.3 Å². The molecule has 0 spiro atoms. The fraction of sp³-hybridized carbons (Fsp3) is 0.156. The third-order valence-electron chi connectivity index (χ3n) is 6.57. The van der Waals surface area contributed by atoms with Crippen molar-refractivity contribution >= 4 is 40.8 Å². The Morgan fingerprint density at radius 1 is 0.741 bits per heavy atom. The van der Waals surface area contributed by atoms with Gasteiger partial charge in [-0.15, -0.1) is 0 Å². The number of methoxy groups -OCH3 is 5. The molecule has 2 aromatic carbocycles. The van der Waals surface area contributed by atoms with Crippen molar-refractivity contribution in [2.24, 2.45) is 0 Å². The van der Waals surface area contributed by atoms with E-state index in [1.54, 1.807) is 0 Å². The van der Waals surface area contributed by atoms with Gasteiger partial charge in [0, 0.05) is 5.56 Å². The molecule has 0 bridgehead atoms. The Hall–Kier alpha value is -5.47. The second-order valence-corrected chi connectivity index (χ2v) is 10.5. The summed E-state index contributed by atoms with van der Waals surface area (Å²) in [6.07, 6.45) is 0. The van der Waals surface area contributed by atoms with Crippen molar-refractivity contribution in [1.82, 2.24) is 24.9 Å². The number of halogens is 4. The molecule has 278 valence electrons. The first-order chi connectivity index (χ1) is 25.3. The summed E-state index contributed by atoms with van der Waals surface area (Å²) in [5, 5.41) is 20.3. The molecule has 5 aromatic rings. The molecule has 0 aliphatic rings. The van der Waals surface area contributed by atoms with Gasteiger partial charge in [0.05, 0.1) is 74.9 Å². The first-order valence-electron chi connectivity index (χ1n) is 14.3. The molecule has 5 rings (SSSR count). The molecule has 0 aliphatic carbocycles. The van der Waals surface area contributed by atoms with E-state index < -0.39 is 51.2 Å². The first-order valence-corrected chi connectivity index (χ1v) is 15.1. The minimum atomic E-state index is -1.57. The number of rotatable bonds is 12. The van der Waals surface area contributed by atoms with Crippen molar-refractivity contribution < 1.29 is 91.3 Å². The Morgan fingerprint density at radius 3 is 1.59 bits per heavy atom. The number of carbonyl (C=O) groups excluding carboxylic acids is 1. The van der Waals surface area contributed by atoms with Gasteiger partial charge in [-0.25, -0.2) is 18.6 Å². The summed E-state index contributed by atoms with van der Waals surface area (Å²) in [5.74, 6) is -5.26. The number of benzene rings is 2. The third-order valence-corrected chi connectivity index (χ3v) is 7.25. The molecule has 0 atom stereocenters. The normalized spacial score (nSPS) is 10.2. The molecular formula is C32H25Cl2F2N6NaO11. The number of hydrogen-bond donors (Lipinski definition) is 2. The topological polar surface area (TPSA) is 233 Å². The van der Waals surface area contributed by atoms with Crippen molar-refractivity contribution in [3.8, 4) is 64.0 Å². The van der Waals surface area contributed by atoms with Crippen LogP contribution in [-0.4, -0.2) is 77.5 Å². The molecule has 0 unspecified atom stereocenters. The number of aromatic carboxylic acids is 2. The van der Waals surface area contributed by atoms with E-state index in [0.29, 0.717) is 0 Å². The Balaban J connectivity index is 0.000000301. The quantitative estimate of drug-likeness (QED) is 0.172. The van der Waals surface area contributed by atoms with Gasteiger partial charge in [-0.1, -0.05) is 29.3 Å². The number of pyridine rings is 1. The minimum absolute atomic E-state index is 0. The minimum Gasteiger partial charge on any atom is -0.545 e. The zero-order chi connectivity index (χ0) is 39.0. The number of carboxylic acid groups (broad SMARTS) is 2. The van der Waals surface area contributed by atoms with Gasteiger partial charge in [0.15, 0.2) is 23.1 Å². The summed E-state index contributed by atoms with van der Waals surface area (Å²) in [5.41, 5.74) is 2.71. The number of nitrogens with two attached hydrogens (primary N) is 1. The molecule has 0 saturated carbocycles. The number of carboxylic acids is 2. The van der Waals surface area contributed by atoms with Crippen molar-refractivity contribution in [2.75, 3.05) is 41.3 Å². The first kappa shape index (κ1) is 42.9. The van der Waals surface area contributed by atoms with Crippen LogP contribution in [0.2, 0.25) is 10.0 Å². The van der Waals surface area contributed by atoms with E-state index in [1.807, 2.05) is 0 Å². The Morgan fingerprint density at radius 2 is 1.20 bits per heavy atom. The fourth-order valence-electron chi connectivity index (χ4n) is 4.14. The molecule has 3 heterocycles. The summed E-state index contributed by atoms with van der Waals surface area (Å²) < 4.78 is 64.6. The number of anilines is 1. The standard InChI is InChI=1S/C19H18N4O8.C13H8Cl2F2N2O3.Na/c1-26-12-8-13(27-2)21-18(20-12)30-10-6-5-7-11(16(10)17(24)25)31-19-22-14(28-3)9-15(23-19)29-4;1-22-12-5(14)3-2-4(7(12)16)10-8(17)9(18)6(15)11(19-10)13(20)21;/h5-9H,1-4H3,(H,24,25);2-3H,1H3,(H2,18,19)(H,20,21);/q;;+1/p-1. The zero-order valence-corrected chi connectivity index (χ0v) is 32.4. The van der Waals surface area contributed by atoms with E-state index in [0.717, 1.165) is 6.07 Å². The molecule has 3 aromatic heterocycles. The van der Waals surface area contributed by atoms with E-state index >= 15 is 0 Å². The number of ether oxygens (including phenoxy) is 7. The van der Waals surface area contributed by atoms with Crippen LogP contribution >= 0.6 is 23.2 Å². The van der Waals surface area contributed by atoms with Crippen LogP contribution < -0.4 is 73.6 Å². The zero-order valence-electron chi connectivity index (χ0n) is 28.9. The number of hydrogen-bond acceptors (Lipinski definition) is 16. The summed E-state index contributed by atoms with van der Waals surface area (Å²) in [6, 6.07) is 9.06. The number of carbonyl (C=O) groups is 2. The van der Waals surface area contributed by atoms with Crippen molar-refractivity contribution in [3.63, 3.8) is 0 Å². The molecule has 0 aliphatic heterocycles. The van der Waals surface area contributed by atoms with Gasteiger partial charge < -0.3 is 53.9 Å². The monoisotopic (exact) mass is 800 g/mol. The average molecular weight is 801 g/mol. The van der Waals surface area contributed by atoms with Gasteiger partial charge >= 0.3 is 47.5 Å². The summed E-state index contributed by atoms with van der Waals surface area (Å²) in [7, 11) is 6.77. The van der Waals surface area contributed by atoms with Crippen molar-refractivity contribution in [3.05, 3.63) is 75.4 Å². The maximum absolute atomic E-state index is 14.3. The van der Waals surface area contributed by atoms with Crippen LogP contribution in [0.3, 0.4) is 0 Å². The molecule has 54 heavy (non-hydrogen) atoms. The third kappa shape index (κ3) is 9.74. The van der Waals surface area contributed by atoms with Crippen LogP contribution in [0.5, 0.6) is 52.8 Å². The second kappa shape index (κ2) is 19.0. The van der Waals surface area contributed by atoms with Crippen LogP contribution in [-0.2, 0) is 0 Å². The second-order valence-electron chi connectivity index (χ2n) is 9.69. The van der Waals surface area contributed by atoms with E-state index in [4.69, 9.17) is 67.2 Å². The van der Waals surface area contributed by atoms with Crippen LogP contribution in [0.1, 0.15) is 20.8 Å². The van der Waals surface area contributed by atoms with E-state index in [1.165, 1.54) is 71.9 Å². The number of nitrogens with zero attached hydrogens (tertiary/aromatic N) is 5. The molecule has 0 fully saturated rings. The predicted molar refractivity (Wildman–Crippen MR) is 179 cm³/mol. The summed E-state index contributed by atoms with van der Waals surface area (Å²) in [4.78, 5) is 42.5. The van der Waals surface area contributed by atoms with E-state index in [-0.39, 0.29) is 92.9 Å². The van der Waals surface area contributed by atoms with Crippen molar-refractivity contribution in [1.29, 1.82) is 0 Å². The van der Waals surface area contributed by atoms with Gasteiger partial charge in [-0.2, -0.15) is 19.9 Å². The SMILES string of the molecule is COc1c(Cl)ccc(-c2nc(C(=O)O)c(Cl)c(N)c2F)c1F.COc1cc(OC)nc(Oc2cccc(Oc3nc(OC)cc(OC)n3)c2C(=O)[O-])n1.[Na+].